The predicted octanol–water partition coefficient (Wildman–Crippen LogP) is 2.32. The van der Waals surface area contributed by atoms with Gasteiger partial charge >= 0.3 is 0 Å². The summed E-state index contributed by atoms with van der Waals surface area (Å²) in [5.74, 6) is 0. The van der Waals surface area contributed by atoms with Gasteiger partial charge in [-0.2, -0.15) is 0 Å². The molecule has 1 unspecified atom stereocenters. The van der Waals surface area contributed by atoms with Gasteiger partial charge in [-0.1, -0.05) is 0 Å². The highest BCUT2D eigenvalue weighted by molar-refractivity contribution is 4.86. The van der Waals surface area contributed by atoms with Crippen molar-refractivity contribution in [3.05, 3.63) is 0 Å². The first-order valence-corrected chi connectivity index (χ1v) is 8.30. The maximum Gasteiger partial charge on any atom is 0.0198 e. The standard InChI is InChI=1S/C16H33N3/c1-13(2)18-10-7-15(8-11-18)17-16-6-5-9-19(12-16)14(3)4/h13-17H,5-12H2,1-4H3. The van der Waals surface area contributed by atoms with Crippen LogP contribution in [-0.2, 0) is 0 Å². The molecule has 3 nitrogen and oxygen atoms in total. The normalized spacial score (nSPS) is 28.4. The molecule has 0 spiro atoms. The van der Waals surface area contributed by atoms with Gasteiger partial charge in [0.2, 0.25) is 0 Å². The first kappa shape index (κ1) is 15.3. The Hall–Kier alpha value is -0.120. The fourth-order valence-corrected chi connectivity index (χ4v) is 3.53. The van der Waals surface area contributed by atoms with Gasteiger partial charge in [-0.05, 0) is 73.0 Å². The van der Waals surface area contributed by atoms with Crippen LogP contribution in [0.3, 0.4) is 0 Å². The Morgan fingerprint density at radius 1 is 0.789 bits per heavy atom. The van der Waals surface area contributed by atoms with Gasteiger partial charge in [0.1, 0.15) is 0 Å². The highest BCUT2D eigenvalue weighted by atomic mass is 15.2. The van der Waals surface area contributed by atoms with E-state index in [1.54, 1.807) is 0 Å². The molecule has 2 heterocycles. The molecular formula is C16H33N3. The largest absolute Gasteiger partial charge is 0.310 e. The van der Waals surface area contributed by atoms with Crippen molar-refractivity contribution in [3.63, 3.8) is 0 Å². The lowest BCUT2D eigenvalue weighted by Gasteiger charge is -2.40. The van der Waals surface area contributed by atoms with Gasteiger partial charge in [-0.15, -0.1) is 0 Å². The quantitative estimate of drug-likeness (QED) is 0.843. The van der Waals surface area contributed by atoms with E-state index in [1.807, 2.05) is 0 Å². The number of hydrogen-bond donors (Lipinski definition) is 1. The highest BCUT2D eigenvalue weighted by Gasteiger charge is 2.26. The van der Waals surface area contributed by atoms with Gasteiger partial charge in [0, 0.05) is 30.7 Å². The molecule has 1 N–H and O–H groups in total. The summed E-state index contributed by atoms with van der Waals surface area (Å²) in [5, 5.41) is 3.93. The molecular weight excluding hydrogens is 234 g/mol. The monoisotopic (exact) mass is 267 g/mol. The van der Waals surface area contributed by atoms with Crippen molar-refractivity contribution in [1.82, 2.24) is 15.1 Å². The SMILES string of the molecule is CC(C)N1CCC(NC2CCCN(C(C)C)C2)CC1. The van der Waals surface area contributed by atoms with E-state index >= 15 is 0 Å². The van der Waals surface area contributed by atoms with E-state index in [4.69, 9.17) is 0 Å². The summed E-state index contributed by atoms with van der Waals surface area (Å²) in [6, 6.07) is 2.90. The van der Waals surface area contributed by atoms with Gasteiger partial charge in [-0.3, -0.25) is 4.90 Å². The number of piperidine rings is 2. The third kappa shape index (κ3) is 4.44. The van der Waals surface area contributed by atoms with Gasteiger partial charge in [0.25, 0.3) is 0 Å². The zero-order chi connectivity index (χ0) is 13.8. The van der Waals surface area contributed by atoms with Crippen LogP contribution in [0, 0.1) is 0 Å². The fraction of sp³-hybridized carbons (Fsp3) is 1.00. The summed E-state index contributed by atoms with van der Waals surface area (Å²) >= 11 is 0. The van der Waals surface area contributed by atoms with Crippen molar-refractivity contribution in [3.8, 4) is 0 Å². The minimum Gasteiger partial charge on any atom is -0.310 e. The van der Waals surface area contributed by atoms with E-state index in [-0.39, 0.29) is 0 Å². The van der Waals surface area contributed by atoms with E-state index in [2.05, 4.69) is 42.8 Å². The van der Waals surface area contributed by atoms with Crippen molar-refractivity contribution < 1.29 is 0 Å². The van der Waals surface area contributed by atoms with Crippen molar-refractivity contribution >= 4 is 0 Å². The Morgan fingerprint density at radius 3 is 2.00 bits per heavy atom. The summed E-state index contributed by atoms with van der Waals surface area (Å²) in [4.78, 5) is 5.24. The van der Waals surface area contributed by atoms with Crippen molar-refractivity contribution in [1.29, 1.82) is 0 Å². The Labute approximate surface area is 119 Å². The molecule has 2 aliphatic heterocycles. The van der Waals surface area contributed by atoms with Crippen LogP contribution < -0.4 is 5.32 Å². The molecule has 112 valence electrons. The predicted molar refractivity (Wildman–Crippen MR) is 82.6 cm³/mol. The lowest BCUT2D eigenvalue weighted by molar-refractivity contribution is 0.123. The minimum atomic E-state index is 0.701. The van der Waals surface area contributed by atoms with Crippen LogP contribution in [0.15, 0.2) is 0 Å². The van der Waals surface area contributed by atoms with Crippen LogP contribution in [0.1, 0.15) is 53.4 Å². The number of hydrogen-bond acceptors (Lipinski definition) is 3. The Kier molecular flexibility index (Phi) is 5.67. The van der Waals surface area contributed by atoms with Crippen LogP contribution in [0.4, 0.5) is 0 Å². The molecule has 0 aromatic carbocycles. The van der Waals surface area contributed by atoms with Gasteiger partial charge in [-0.25, -0.2) is 0 Å². The lowest BCUT2D eigenvalue weighted by Crippen LogP contribution is -2.53. The molecule has 0 aliphatic carbocycles. The van der Waals surface area contributed by atoms with E-state index in [1.165, 1.54) is 51.9 Å². The molecule has 3 heteroatoms. The van der Waals surface area contributed by atoms with Crippen molar-refractivity contribution in [2.24, 2.45) is 0 Å². The van der Waals surface area contributed by atoms with Crippen molar-refractivity contribution in [2.75, 3.05) is 26.2 Å². The van der Waals surface area contributed by atoms with E-state index in [0.717, 1.165) is 12.1 Å². The maximum atomic E-state index is 3.93. The summed E-state index contributed by atoms with van der Waals surface area (Å²) in [5.41, 5.74) is 0. The summed E-state index contributed by atoms with van der Waals surface area (Å²) in [7, 11) is 0. The topological polar surface area (TPSA) is 18.5 Å². The number of likely N-dealkylation sites (tertiary alicyclic amines) is 2. The zero-order valence-corrected chi connectivity index (χ0v) is 13.4. The zero-order valence-electron chi connectivity index (χ0n) is 13.4. The van der Waals surface area contributed by atoms with Crippen LogP contribution in [0.2, 0.25) is 0 Å². The first-order chi connectivity index (χ1) is 9.06. The second-order valence-corrected chi connectivity index (χ2v) is 7.00. The van der Waals surface area contributed by atoms with E-state index < -0.39 is 0 Å². The molecule has 2 saturated heterocycles. The molecule has 2 aliphatic rings. The van der Waals surface area contributed by atoms with Gasteiger partial charge in [0.15, 0.2) is 0 Å². The third-order valence-corrected chi connectivity index (χ3v) is 4.91. The van der Waals surface area contributed by atoms with Crippen LogP contribution >= 0.6 is 0 Å². The smallest absolute Gasteiger partial charge is 0.0198 e. The summed E-state index contributed by atoms with van der Waals surface area (Å²) < 4.78 is 0. The average molecular weight is 267 g/mol. The Bertz CT molecular complexity index is 257. The average Bonchev–Trinajstić information content (AvgIpc) is 2.39. The van der Waals surface area contributed by atoms with Crippen LogP contribution in [-0.4, -0.2) is 60.1 Å². The maximum absolute atomic E-state index is 3.93. The summed E-state index contributed by atoms with van der Waals surface area (Å²) in [6.45, 7) is 14.4. The van der Waals surface area contributed by atoms with Gasteiger partial charge in [0.05, 0.1) is 0 Å². The Morgan fingerprint density at radius 2 is 1.42 bits per heavy atom. The molecule has 19 heavy (non-hydrogen) atoms. The lowest BCUT2D eigenvalue weighted by atomic mass is 9.99. The van der Waals surface area contributed by atoms with Gasteiger partial charge < -0.3 is 10.2 Å². The Balaban J connectivity index is 1.73. The third-order valence-electron chi connectivity index (χ3n) is 4.91. The molecule has 0 bridgehead atoms. The van der Waals surface area contributed by atoms with Crippen LogP contribution in [0.5, 0.6) is 0 Å². The molecule has 0 saturated carbocycles. The fourth-order valence-electron chi connectivity index (χ4n) is 3.53. The van der Waals surface area contributed by atoms with E-state index in [9.17, 15) is 0 Å². The minimum absolute atomic E-state index is 0.701. The summed E-state index contributed by atoms with van der Waals surface area (Å²) in [6.07, 6.45) is 5.39. The molecule has 0 radical (unpaired) electrons. The van der Waals surface area contributed by atoms with Crippen molar-refractivity contribution in [2.45, 2.75) is 77.5 Å². The molecule has 0 aromatic heterocycles. The number of rotatable bonds is 4. The molecule has 0 aromatic rings. The highest BCUT2D eigenvalue weighted by Crippen LogP contribution is 2.17. The molecule has 2 fully saturated rings. The van der Waals surface area contributed by atoms with Crippen LogP contribution in [0.25, 0.3) is 0 Å². The molecule has 0 amide bonds. The second-order valence-electron chi connectivity index (χ2n) is 7.00. The number of nitrogens with zero attached hydrogens (tertiary/aromatic N) is 2. The first-order valence-electron chi connectivity index (χ1n) is 8.30. The molecule has 1 atom stereocenters. The second kappa shape index (κ2) is 7.05. The molecule has 2 rings (SSSR count). The number of nitrogens with one attached hydrogen (secondary N) is 1. The van der Waals surface area contributed by atoms with E-state index in [0.29, 0.717) is 12.1 Å².